The third-order valence-electron chi connectivity index (χ3n) is 4.25. The van der Waals surface area contributed by atoms with E-state index in [2.05, 4.69) is 5.32 Å². The van der Waals surface area contributed by atoms with E-state index >= 15 is 0 Å². The first-order chi connectivity index (χ1) is 12.3. The molecule has 0 bridgehead atoms. The summed E-state index contributed by atoms with van der Waals surface area (Å²) in [5, 5.41) is 2.95. The van der Waals surface area contributed by atoms with E-state index in [1.54, 1.807) is 13.2 Å². The lowest BCUT2D eigenvalue weighted by Crippen LogP contribution is -2.49. The largest absolute Gasteiger partial charge is 0.495 e. The van der Waals surface area contributed by atoms with Crippen LogP contribution in [0.1, 0.15) is 19.4 Å². The highest BCUT2D eigenvalue weighted by Crippen LogP contribution is 2.38. The molecule has 0 aromatic heterocycles. The lowest BCUT2D eigenvalue weighted by atomic mass is 10.0. The van der Waals surface area contributed by atoms with Crippen molar-refractivity contribution in [1.29, 1.82) is 0 Å². The highest BCUT2D eigenvalue weighted by Gasteiger charge is 2.32. The van der Waals surface area contributed by atoms with Gasteiger partial charge in [-0.05, 0) is 50.6 Å². The molecule has 0 fully saturated rings. The van der Waals surface area contributed by atoms with Crippen molar-refractivity contribution < 1.29 is 14.3 Å². The third kappa shape index (κ3) is 3.85. The molecule has 26 heavy (non-hydrogen) atoms. The number of nitrogens with two attached hydrogens (primary N) is 1. The highest BCUT2D eigenvalue weighted by atomic mass is 16.5. The zero-order valence-corrected chi connectivity index (χ0v) is 15.6. The fourth-order valence-corrected chi connectivity index (χ4v) is 3.17. The van der Waals surface area contributed by atoms with Gasteiger partial charge < -0.3 is 25.4 Å². The summed E-state index contributed by atoms with van der Waals surface area (Å²) in [4.78, 5) is 14.7. The number of methoxy groups -OCH3 is 1. The van der Waals surface area contributed by atoms with Crippen LogP contribution in [0.3, 0.4) is 0 Å². The Morgan fingerprint density at radius 3 is 2.81 bits per heavy atom. The number of carbonyl (C=O) groups is 1. The number of nitrogen functional groups attached to an aromatic ring is 1. The Bertz CT molecular complexity index is 833. The average molecular weight is 355 g/mol. The van der Waals surface area contributed by atoms with Crippen molar-refractivity contribution in [2.75, 3.05) is 36.1 Å². The highest BCUT2D eigenvalue weighted by molar-refractivity contribution is 5.95. The van der Waals surface area contributed by atoms with Crippen molar-refractivity contribution >= 4 is 23.0 Å². The van der Waals surface area contributed by atoms with E-state index in [0.717, 1.165) is 11.3 Å². The van der Waals surface area contributed by atoms with Gasteiger partial charge >= 0.3 is 0 Å². The summed E-state index contributed by atoms with van der Waals surface area (Å²) in [6.07, 6.45) is 0. The number of nitrogens with one attached hydrogen (secondary N) is 1. The Labute approximate surface area is 153 Å². The lowest BCUT2D eigenvalue weighted by molar-refractivity contribution is -0.115. The molecular weight excluding hydrogens is 330 g/mol. The molecule has 0 atom stereocenters. The Kier molecular flexibility index (Phi) is 4.68. The minimum atomic E-state index is -0.415. The number of nitrogens with zero attached hydrogens (tertiary/aromatic N) is 1. The van der Waals surface area contributed by atoms with Crippen LogP contribution in [-0.2, 0) is 4.79 Å². The van der Waals surface area contributed by atoms with Gasteiger partial charge in [0, 0.05) is 11.8 Å². The SMILES string of the molecule is COc1ccc(C)cc1NC(=O)CN1CC(C)(C)Oc2cc(N)ccc21. The number of aryl methyl sites for hydroxylation is 1. The van der Waals surface area contributed by atoms with Gasteiger partial charge in [0.2, 0.25) is 5.91 Å². The molecule has 3 rings (SSSR count). The van der Waals surface area contributed by atoms with Crippen molar-refractivity contribution in [3.05, 3.63) is 42.0 Å². The summed E-state index contributed by atoms with van der Waals surface area (Å²) in [7, 11) is 1.59. The second-order valence-corrected chi connectivity index (χ2v) is 7.20. The molecule has 2 aromatic rings. The Morgan fingerprint density at radius 2 is 2.08 bits per heavy atom. The van der Waals surface area contributed by atoms with Gasteiger partial charge in [-0.15, -0.1) is 0 Å². The maximum atomic E-state index is 12.7. The first kappa shape index (κ1) is 17.9. The maximum Gasteiger partial charge on any atom is 0.243 e. The number of anilines is 3. The molecule has 3 N–H and O–H groups in total. The van der Waals surface area contributed by atoms with Gasteiger partial charge in [-0.1, -0.05) is 6.07 Å². The molecule has 6 nitrogen and oxygen atoms in total. The predicted molar refractivity (Wildman–Crippen MR) is 104 cm³/mol. The summed E-state index contributed by atoms with van der Waals surface area (Å²) < 4.78 is 11.3. The van der Waals surface area contributed by atoms with Crippen LogP contribution in [0.15, 0.2) is 36.4 Å². The van der Waals surface area contributed by atoms with Crippen LogP contribution >= 0.6 is 0 Å². The predicted octanol–water partition coefficient (Wildman–Crippen LogP) is 3.20. The minimum Gasteiger partial charge on any atom is -0.495 e. The van der Waals surface area contributed by atoms with Crippen LogP contribution in [0.2, 0.25) is 0 Å². The van der Waals surface area contributed by atoms with Crippen LogP contribution in [0, 0.1) is 6.92 Å². The van der Waals surface area contributed by atoms with Gasteiger partial charge in [0.05, 0.1) is 31.6 Å². The molecule has 1 amide bonds. The molecule has 0 saturated carbocycles. The van der Waals surface area contributed by atoms with E-state index in [-0.39, 0.29) is 12.5 Å². The van der Waals surface area contributed by atoms with Gasteiger partial charge in [-0.3, -0.25) is 4.79 Å². The number of hydrogen-bond donors (Lipinski definition) is 2. The van der Waals surface area contributed by atoms with Gasteiger partial charge in [-0.25, -0.2) is 0 Å². The Morgan fingerprint density at radius 1 is 1.31 bits per heavy atom. The van der Waals surface area contributed by atoms with Gasteiger partial charge in [-0.2, -0.15) is 0 Å². The monoisotopic (exact) mass is 355 g/mol. The zero-order chi connectivity index (χ0) is 18.9. The fraction of sp³-hybridized carbons (Fsp3) is 0.350. The number of rotatable bonds is 4. The molecule has 0 aliphatic carbocycles. The van der Waals surface area contributed by atoms with Crippen LogP contribution in [0.25, 0.3) is 0 Å². The zero-order valence-electron chi connectivity index (χ0n) is 15.6. The van der Waals surface area contributed by atoms with Gasteiger partial charge in [0.25, 0.3) is 0 Å². The van der Waals surface area contributed by atoms with Crippen LogP contribution < -0.4 is 25.4 Å². The molecule has 0 spiro atoms. The third-order valence-corrected chi connectivity index (χ3v) is 4.25. The summed E-state index contributed by atoms with van der Waals surface area (Å²) >= 11 is 0. The van der Waals surface area contributed by atoms with Crippen molar-refractivity contribution in [2.45, 2.75) is 26.4 Å². The molecule has 1 aliphatic heterocycles. The minimum absolute atomic E-state index is 0.116. The number of fused-ring (bicyclic) bond motifs is 1. The standard InChI is InChI=1S/C20H25N3O3/c1-13-5-8-17(25-4)15(9-13)22-19(24)11-23-12-20(2,3)26-18-10-14(21)6-7-16(18)23/h5-10H,11-12,21H2,1-4H3,(H,22,24). The summed E-state index contributed by atoms with van der Waals surface area (Å²) in [6.45, 7) is 6.77. The smallest absolute Gasteiger partial charge is 0.243 e. The van der Waals surface area contributed by atoms with E-state index in [1.807, 2.05) is 56.0 Å². The number of amides is 1. The van der Waals surface area contributed by atoms with E-state index in [9.17, 15) is 4.79 Å². The molecule has 0 unspecified atom stereocenters. The number of benzene rings is 2. The molecule has 1 aliphatic rings. The van der Waals surface area contributed by atoms with Crippen molar-refractivity contribution in [3.8, 4) is 11.5 Å². The number of carbonyl (C=O) groups excluding carboxylic acids is 1. The second-order valence-electron chi connectivity index (χ2n) is 7.20. The van der Waals surface area contributed by atoms with E-state index < -0.39 is 5.60 Å². The molecule has 6 heteroatoms. The molecule has 0 radical (unpaired) electrons. The lowest BCUT2D eigenvalue weighted by Gasteiger charge is -2.40. The van der Waals surface area contributed by atoms with Crippen LogP contribution in [-0.4, -0.2) is 31.7 Å². The Balaban J connectivity index is 1.80. The van der Waals surface area contributed by atoms with E-state index in [4.69, 9.17) is 15.2 Å². The molecule has 2 aromatic carbocycles. The first-order valence-electron chi connectivity index (χ1n) is 8.55. The fourth-order valence-electron chi connectivity index (χ4n) is 3.17. The summed E-state index contributed by atoms with van der Waals surface area (Å²) in [5.74, 6) is 1.22. The van der Waals surface area contributed by atoms with Crippen LogP contribution in [0.4, 0.5) is 17.1 Å². The van der Waals surface area contributed by atoms with Crippen molar-refractivity contribution in [1.82, 2.24) is 0 Å². The summed E-state index contributed by atoms with van der Waals surface area (Å²) in [6, 6.07) is 11.2. The average Bonchev–Trinajstić information content (AvgIpc) is 2.53. The first-order valence-corrected chi connectivity index (χ1v) is 8.55. The molecule has 0 saturated heterocycles. The molecular formula is C20H25N3O3. The van der Waals surface area contributed by atoms with Gasteiger partial charge in [0.1, 0.15) is 17.1 Å². The van der Waals surface area contributed by atoms with Crippen molar-refractivity contribution in [3.63, 3.8) is 0 Å². The second kappa shape index (κ2) is 6.78. The Hall–Kier alpha value is -2.89. The number of hydrogen-bond acceptors (Lipinski definition) is 5. The maximum absolute atomic E-state index is 12.7. The summed E-state index contributed by atoms with van der Waals surface area (Å²) in [5.41, 5.74) is 8.68. The quantitative estimate of drug-likeness (QED) is 0.824. The van der Waals surface area contributed by atoms with E-state index in [0.29, 0.717) is 29.4 Å². The topological polar surface area (TPSA) is 76.8 Å². The van der Waals surface area contributed by atoms with Gasteiger partial charge in [0.15, 0.2) is 0 Å². The normalized spacial score (nSPS) is 15.0. The number of ether oxygens (including phenoxy) is 2. The molecule has 1 heterocycles. The van der Waals surface area contributed by atoms with Crippen molar-refractivity contribution in [2.24, 2.45) is 0 Å². The van der Waals surface area contributed by atoms with E-state index in [1.165, 1.54) is 0 Å². The molecule has 138 valence electrons. The van der Waals surface area contributed by atoms with Crippen LogP contribution in [0.5, 0.6) is 11.5 Å².